The molecule has 0 unspecified atom stereocenters. The highest BCUT2D eigenvalue weighted by Gasteiger charge is 2.15. The fourth-order valence-electron chi connectivity index (χ4n) is 1.88. The quantitative estimate of drug-likeness (QED) is 0.712. The van der Waals surface area contributed by atoms with Crippen LogP contribution in [0.15, 0.2) is 12.1 Å². The van der Waals surface area contributed by atoms with Gasteiger partial charge in [0.05, 0.1) is 21.3 Å². The number of hydrogen-bond donors (Lipinski definition) is 2. The van der Waals surface area contributed by atoms with Crippen molar-refractivity contribution in [3.8, 4) is 17.2 Å². The number of hydrogen-bond acceptors (Lipinski definition) is 5. The molecule has 1 rings (SSSR count). The lowest BCUT2D eigenvalue weighted by Gasteiger charge is -2.14. The van der Waals surface area contributed by atoms with Crippen LogP contribution in [0.4, 0.5) is 5.69 Å². The van der Waals surface area contributed by atoms with E-state index in [4.69, 9.17) is 14.2 Å². The summed E-state index contributed by atoms with van der Waals surface area (Å²) < 4.78 is 15.6. The van der Waals surface area contributed by atoms with E-state index >= 15 is 0 Å². The predicted octanol–water partition coefficient (Wildman–Crippen LogP) is 1.81. The van der Waals surface area contributed by atoms with Crippen LogP contribution in [0.2, 0.25) is 0 Å². The van der Waals surface area contributed by atoms with E-state index in [1.807, 2.05) is 13.8 Å². The van der Waals surface area contributed by atoms with Gasteiger partial charge in [0.15, 0.2) is 11.5 Å². The zero-order valence-corrected chi connectivity index (χ0v) is 14.2. The Bertz CT molecular complexity index is 532. The first kappa shape index (κ1) is 18.6. The molecule has 2 N–H and O–H groups in total. The van der Waals surface area contributed by atoms with E-state index in [0.29, 0.717) is 35.4 Å². The van der Waals surface area contributed by atoms with Crippen molar-refractivity contribution < 1.29 is 23.8 Å². The van der Waals surface area contributed by atoms with Gasteiger partial charge in [0.25, 0.3) is 0 Å². The normalized spacial score (nSPS) is 10.2. The molecule has 0 radical (unpaired) electrons. The number of methoxy groups -OCH3 is 3. The van der Waals surface area contributed by atoms with Gasteiger partial charge in [-0.05, 0) is 5.92 Å². The van der Waals surface area contributed by atoms with Gasteiger partial charge in [-0.15, -0.1) is 0 Å². The van der Waals surface area contributed by atoms with Crippen molar-refractivity contribution in [1.29, 1.82) is 0 Å². The molecule has 0 heterocycles. The number of nitrogens with one attached hydrogen (secondary N) is 2. The third-order valence-electron chi connectivity index (χ3n) is 2.98. The minimum Gasteiger partial charge on any atom is -0.493 e. The summed E-state index contributed by atoms with van der Waals surface area (Å²) in [5, 5.41) is 5.34. The monoisotopic (exact) mass is 324 g/mol. The highest BCUT2D eigenvalue weighted by Crippen LogP contribution is 2.39. The lowest BCUT2D eigenvalue weighted by molar-refractivity contribution is -0.126. The van der Waals surface area contributed by atoms with E-state index in [0.717, 1.165) is 0 Å². The summed E-state index contributed by atoms with van der Waals surface area (Å²) in [6.07, 6.45) is -0.247. The number of carbonyl (C=O) groups is 2. The number of benzene rings is 1. The van der Waals surface area contributed by atoms with Crippen LogP contribution in [0.5, 0.6) is 17.2 Å². The predicted molar refractivity (Wildman–Crippen MR) is 87.2 cm³/mol. The number of rotatable bonds is 8. The van der Waals surface area contributed by atoms with Crippen molar-refractivity contribution in [1.82, 2.24) is 5.32 Å². The third kappa shape index (κ3) is 5.69. The van der Waals surface area contributed by atoms with Crippen LogP contribution >= 0.6 is 0 Å². The van der Waals surface area contributed by atoms with E-state index in [9.17, 15) is 9.59 Å². The highest BCUT2D eigenvalue weighted by atomic mass is 16.5. The Labute approximate surface area is 136 Å². The summed E-state index contributed by atoms with van der Waals surface area (Å²) in [4.78, 5) is 23.6. The van der Waals surface area contributed by atoms with Gasteiger partial charge >= 0.3 is 0 Å². The third-order valence-corrected chi connectivity index (χ3v) is 2.98. The molecule has 0 aromatic heterocycles. The molecule has 2 amide bonds. The Morgan fingerprint density at radius 3 is 2.00 bits per heavy atom. The molecule has 0 saturated heterocycles. The van der Waals surface area contributed by atoms with Crippen LogP contribution in [0.25, 0.3) is 0 Å². The number of ether oxygens (including phenoxy) is 3. The van der Waals surface area contributed by atoms with Gasteiger partial charge in [-0.1, -0.05) is 13.8 Å². The Kier molecular flexibility index (Phi) is 7.18. The molecule has 0 aliphatic rings. The second-order valence-electron chi connectivity index (χ2n) is 5.34. The molecule has 0 aliphatic heterocycles. The SMILES string of the molecule is COc1cc(NC(=O)CC(=O)NCC(C)C)cc(OC)c1OC. The zero-order valence-electron chi connectivity index (χ0n) is 14.2. The largest absolute Gasteiger partial charge is 0.493 e. The second kappa shape index (κ2) is 8.87. The first-order valence-corrected chi connectivity index (χ1v) is 7.27. The van der Waals surface area contributed by atoms with Crippen LogP contribution in [0.3, 0.4) is 0 Å². The first-order valence-electron chi connectivity index (χ1n) is 7.27. The van der Waals surface area contributed by atoms with E-state index < -0.39 is 5.91 Å². The Morgan fingerprint density at radius 2 is 1.57 bits per heavy atom. The molecular formula is C16H24N2O5. The van der Waals surface area contributed by atoms with Gasteiger partial charge in [-0.25, -0.2) is 0 Å². The fraction of sp³-hybridized carbons (Fsp3) is 0.500. The number of anilines is 1. The van der Waals surface area contributed by atoms with Crippen LogP contribution in [0, 0.1) is 5.92 Å². The van der Waals surface area contributed by atoms with Gasteiger partial charge in [0.1, 0.15) is 6.42 Å². The van der Waals surface area contributed by atoms with Gasteiger partial charge in [-0.3, -0.25) is 9.59 Å². The van der Waals surface area contributed by atoms with Crippen molar-refractivity contribution in [3.63, 3.8) is 0 Å². The average molecular weight is 324 g/mol. The molecule has 1 aromatic rings. The molecule has 1 aromatic carbocycles. The lowest BCUT2D eigenvalue weighted by atomic mass is 10.2. The molecule has 7 heteroatoms. The van der Waals surface area contributed by atoms with Gasteiger partial charge in [0, 0.05) is 24.4 Å². The molecule has 128 valence electrons. The maximum atomic E-state index is 11.9. The molecule has 23 heavy (non-hydrogen) atoms. The highest BCUT2D eigenvalue weighted by molar-refractivity contribution is 6.03. The van der Waals surface area contributed by atoms with Crippen LogP contribution in [-0.4, -0.2) is 39.7 Å². The molecule has 0 bridgehead atoms. The maximum Gasteiger partial charge on any atom is 0.233 e. The van der Waals surface area contributed by atoms with Crippen molar-refractivity contribution in [3.05, 3.63) is 12.1 Å². The molecule has 0 saturated carbocycles. The van der Waals surface area contributed by atoms with E-state index in [-0.39, 0.29) is 12.3 Å². The zero-order chi connectivity index (χ0) is 17.4. The molecule has 0 fully saturated rings. The Morgan fingerprint density at radius 1 is 1.00 bits per heavy atom. The Hall–Kier alpha value is -2.44. The van der Waals surface area contributed by atoms with Crippen molar-refractivity contribution in [2.75, 3.05) is 33.2 Å². The van der Waals surface area contributed by atoms with E-state index in [2.05, 4.69) is 10.6 Å². The topological polar surface area (TPSA) is 85.9 Å². The van der Waals surface area contributed by atoms with Crippen LogP contribution in [-0.2, 0) is 9.59 Å². The average Bonchev–Trinajstić information content (AvgIpc) is 2.51. The molecule has 7 nitrogen and oxygen atoms in total. The van der Waals surface area contributed by atoms with Crippen LogP contribution in [0.1, 0.15) is 20.3 Å². The fourth-order valence-corrected chi connectivity index (χ4v) is 1.88. The van der Waals surface area contributed by atoms with Crippen LogP contribution < -0.4 is 24.8 Å². The van der Waals surface area contributed by atoms with Gasteiger partial charge in [0.2, 0.25) is 17.6 Å². The first-order chi connectivity index (χ1) is 10.9. The molecule has 0 spiro atoms. The van der Waals surface area contributed by atoms with E-state index in [1.165, 1.54) is 21.3 Å². The summed E-state index contributed by atoms with van der Waals surface area (Å²) in [7, 11) is 4.47. The molecule has 0 aliphatic carbocycles. The van der Waals surface area contributed by atoms with Crippen molar-refractivity contribution in [2.45, 2.75) is 20.3 Å². The summed E-state index contributed by atoms with van der Waals surface area (Å²) >= 11 is 0. The summed E-state index contributed by atoms with van der Waals surface area (Å²) in [6.45, 7) is 4.50. The smallest absolute Gasteiger partial charge is 0.233 e. The maximum absolute atomic E-state index is 11.9. The summed E-state index contributed by atoms with van der Waals surface area (Å²) in [5.41, 5.74) is 0.459. The standard InChI is InChI=1S/C16H24N2O5/c1-10(2)9-17-14(19)8-15(20)18-11-6-12(21-3)16(23-5)13(7-11)22-4/h6-7,10H,8-9H2,1-5H3,(H,17,19)(H,18,20). The molecule has 0 atom stereocenters. The number of amides is 2. The van der Waals surface area contributed by atoms with Crippen molar-refractivity contribution in [2.24, 2.45) is 5.92 Å². The molecular weight excluding hydrogens is 300 g/mol. The summed E-state index contributed by atoms with van der Waals surface area (Å²) in [5.74, 6) is 0.877. The Balaban J connectivity index is 2.76. The van der Waals surface area contributed by atoms with E-state index in [1.54, 1.807) is 12.1 Å². The van der Waals surface area contributed by atoms with Gasteiger partial charge in [-0.2, -0.15) is 0 Å². The lowest BCUT2D eigenvalue weighted by Crippen LogP contribution is -2.30. The van der Waals surface area contributed by atoms with Crippen molar-refractivity contribution >= 4 is 17.5 Å². The minimum absolute atomic E-state index is 0.247. The second-order valence-corrected chi connectivity index (χ2v) is 5.34. The number of carbonyl (C=O) groups excluding carboxylic acids is 2. The summed E-state index contributed by atoms with van der Waals surface area (Å²) in [6, 6.07) is 3.20. The minimum atomic E-state index is -0.416. The van der Waals surface area contributed by atoms with Gasteiger partial charge < -0.3 is 24.8 Å².